The van der Waals surface area contributed by atoms with Crippen molar-refractivity contribution in [1.82, 2.24) is 4.98 Å². The number of aromatic nitrogens is 1. The summed E-state index contributed by atoms with van der Waals surface area (Å²) in [6, 6.07) is 5.72. The summed E-state index contributed by atoms with van der Waals surface area (Å²) in [5.74, 6) is 4.35. The SMILES string of the molecule is CON.c1ccncc1. The standard InChI is InChI=1S/C5H5N.CH5NO/c1-2-4-6-5-3-1;1-3-2/h1-5H;2H2,1H3. The van der Waals surface area contributed by atoms with Crippen LogP contribution < -0.4 is 5.90 Å². The fourth-order valence-corrected chi connectivity index (χ4v) is 0.313. The third-order valence-electron chi connectivity index (χ3n) is 0.566. The zero-order valence-electron chi connectivity index (χ0n) is 5.32. The molecule has 0 atom stereocenters. The van der Waals surface area contributed by atoms with Gasteiger partial charge in [0.15, 0.2) is 0 Å². The largest absolute Gasteiger partial charge is 0.308 e. The molecule has 0 aliphatic carbocycles. The van der Waals surface area contributed by atoms with Crippen LogP contribution in [0.3, 0.4) is 0 Å². The van der Waals surface area contributed by atoms with Gasteiger partial charge in [-0.15, -0.1) is 0 Å². The molecule has 0 radical (unpaired) electrons. The lowest BCUT2D eigenvalue weighted by Crippen LogP contribution is -1.86. The highest BCUT2D eigenvalue weighted by Gasteiger charge is 1.58. The number of nitrogens with zero attached hydrogens (tertiary/aromatic N) is 1. The molecule has 1 heterocycles. The fourth-order valence-electron chi connectivity index (χ4n) is 0.313. The number of hydrogen-bond donors (Lipinski definition) is 1. The molecule has 9 heavy (non-hydrogen) atoms. The Morgan fingerprint density at radius 1 is 1.22 bits per heavy atom. The van der Waals surface area contributed by atoms with E-state index in [9.17, 15) is 0 Å². The molecule has 0 spiro atoms. The first-order chi connectivity index (χ1) is 4.41. The molecule has 1 rings (SSSR count). The maximum Gasteiger partial charge on any atom is 0.0569 e. The van der Waals surface area contributed by atoms with Gasteiger partial charge in [-0.25, -0.2) is 5.90 Å². The Morgan fingerprint density at radius 3 is 1.78 bits per heavy atom. The monoisotopic (exact) mass is 126 g/mol. The molecule has 0 aliphatic heterocycles. The van der Waals surface area contributed by atoms with Gasteiger partial charge in [-0.05, 0) is 12.1 Å². The molecule has 0 aromatic carbocycles. The minimum absolute atomic E-state index is 1.40. The van der Waals surface area contributed by atoms with Crippen LogP contribution >= 0.6 is 0 Å². The second kappa shape index (κ2) is 7.07. The highest BCUT2D eigenvalue weighted by Crippen LogP contribution is 1.73. The van der Waals surface area contributed by atoms with E-state index < -0.39 is 0 Å². The van der Waals surface area contributed by atoms with Gasteiger partial charge in [0.1, 0.15) is 0 Å². The van der Waals surface area contributed by atoms with Crippen molar-refractivity contribution in [1.29, 1.82) is 0 Å². The molecule has 0 aliphatic rings. The summed E-state index contributed by atoms with van der Waals surface area (Å²) < 4.78 is 0. The molecular weight excluding hydrogens is 116 g/mol. The van der Waals surface area contributed by atoms with Crippen LogP contribution in [0, 0.1) is 0 Å². The van der Waals surface area contributed by atoms with Crippen LogP contribution in [0.5, 0.6) is 0 Å². The van der Waals surface area contributed by atoms with Crippen LogP contribution in [0.25, 0.3) is 0 Å². The predicted molar refractivity (Wildman–Crippen MR) is 35.4 cm³/mol. The molecule has 0 bridgehead atoms. The van der Waals surface area contributed by atoms with E-state index in [2.05, 4.69) is 15.7 Å². The minimum Gasteiger partial charge on any atom is -0.308 e. The van der Waals surface area contributed by atoms with Gasteiger partial charge in [0, 0.05) is 12.4 Å². The second-order valence-corrected chi connectivity index (χ2v) is 1.26. The summed E-state index contributed by atoms with van der Waals surface area (Å²) in [6.45, 7) is 0. The summed E-state index contributed by atoms with van der Waals surface area (Å²) in [7, 11) is 1.40. The van der Waals surface area contributed by atoms with Crippen molar-refractivity contribution in [2.75, 3.05) is 7.11 Å². The normalized spacial score (nSPS) is 7.33. The molecule has 3 nitrogen and oxygen atoms in total. The molecule has 1 aromatic heterocycles. The highest BCUT2D eigenvalue weighted by molar-refractivity contribution is 4.88. The molecule has 0 amide bonds. The van der Waals surface area contributed by atoms with E-state index in [1.165, 1.54) is 7.11 Å². The van der Waals surface area contributed by atoms with Crippen molar-refractivity contribution in [3.05, 3.63) is 30.6 Å². The Kier molecular flexibility index (Phi) is 6.34. The van der Waals surface area contributed by atoms with Gasteiger partial charge in [-0.2, -0.15) is 0 Å². The maximum absolute atomic E-state index is 4.35. The zero-order valence-corrected chi connectivity index (χ0v) is 5.32. The van der Waals surface area contributed by atoms with Gasteiger partial charge in [-0.1, -0.05) is 6.07 Å². The third kappa shape index (κ3) is 7.07. The third-order valence-corrected chi connectivity index (χ3v) is 0.566. The van der Waals surface area contributed by atoms with E-state index in [0.29, 0.717) is 0 Å². The van der Waals surface area contributed by atoms with Gasteiger partial charge >= 0.3 is 0 Å². The Balaban J connectivity index is 0.000000187. The highest BCUT2D eigenvalue weighted by atomic mass is 16.6. The molecule has 50 valence electrons. The van der Waals surface area contributed by atoms with Crippen LogP contribution in [0.2, 0.25) is 0 Å². The van der Waals surface area contributed by atoms with Crippen molar-refractivity contribution in [3.8, 4) is 0 Å². The summed E-state index contributed by atoms with van der Waals surface area (Å²) >= 11 is 0. The quantitative estimate of drug-likeness (QED) is 0.517. The first-order valence-corrected chi connectivity index (χ1v) is 2.49. The van der Waals surface area contributed by atoms with Crippen molar-refractivity contribution >= 4 is 0 Å². The predicted octanol–water partition coefficient (Wildman–Crippen LogP) is 0.588. The van der Waals surface area contributed by atoms with Crippen molar-refractivity contribution in [2.45, 2.75) is 0 Å². The van der Waals surface area contributed by atoms with Gasteiger partial charge in [0.25, 0.3) is 0 Å². The average Bonchev–Trinajstić information content (AvgIpc) is 1.93. The van der Waals surface area contributed by atoms with E-state index in [1.807, 2.05) is 18.2 Å². The molecule has 1 aromatic rings. The smallest absolute Gasteiger partial charge is 0.0569 e. The van der Waals surface area contributed by atoms with Crippen LogP contribution in [0.1, 0.15) is 0 Å². The first-order valence-electron chi connectivity index (χ1n) is 2.49. The lowest BCUT2D eigenvalue weighted by Gasteiger charge is -1.70. The van der Waals surface area contributed by atoms with Crippen LogP contribution in [0.4, 0.5) is 0 Å². The Hall–Kier alpha value is -0.930. The fraction of sp³-hybridized carbons (Fsp3) is 0.167. The molecule has 0 saturated carbocycles. The number of nitrogens with two attached hydrogens (primary N) is 1. The minimum atomic E-state index is 1.40. The molecule has 0 unspecified atom stereocenters. The Labute approximate surface area is 54.4 Å². The van der Waals surface area contributed by atoms with E-state index in [0.717, 1.165) is 0 Å². The zero-order chi connectivity index (χ0) is 6.95. The lowest BCUT2D eigenvalue weighted by molar-refractivity contribution is 0.206. The van der Waals surface area contributed by atoms with Crippen molar-refractivity contribution in [2.24, 2.45) is 5.90 Å². The Morgan fingerprint density at radius 2 is 1.67 bits per heavy atom. The van der Waals surface area contributed by atoms with Crippen LogP contribution in [-0.4, -0.2) is 12.1 Å². The van der Waals surface area contributed by atoms with Crippen molar-refractivity contribution in [3.63, 3.8) is 0 Å². The van der Waals surface area contributed by atoms with Crippen LogP contribution in [-0.2, 0) is 4.84 Å². The second-order valence-electron chi connectivity index (χ2n) is 1.26. The van der Waals surface area contributed by atoms with E-state index in [-0.39, 0.29) is 0 Å². The van der Waals surface area contributed by atoms with E-state index in [1.54, 1.807) is 12.4 Å². The molecule has 0 fully saturated rings. The lowest BCUT2D eigenvalue weighted by atomic mass is 10.5. The molecular formula is C6H10N2O. The average molecular weight is 126 g/mol. The number of pyridine rings is 1. The summed E-state index contributed by atoms with van der Waals surface area (Å²) in [5.41, 5.74) is 0. The molecule has 2 N–H and O–H groups in total. The van der Waals surface area contributed by atoms with Crippen molar-refractivity contribution < 1.29 is 4.84 Å². The summed E-state index contributed by atoms with van der Waals surface area (Å²) in [4.78, 5) is 7.53. The Bertz CT molecular complexity index is 93.9. The number of rotatable bonds is 0. The van der Waals surface area contributed by atoms with Gasteiger partial charge < -0.3 is 4.84 Å². The van der Waals surface area contributed by atoms with Crippen LogP contribution in [0.15, 0.2) is 30.6 Å². The first kappa shape index (κ1) is 8.07. The van der Waals surface area contributed by atoms with E-state index >= 15 is 0 Å². The van der Waals surface area contributed by atoms with Gasteiger partial charge in [-0.3, -0.25) is 4.98 Å². The van der Waals surface area contributed by atoms with Gasteiger partial charge in [0.2, 0.25) is 0 Å². The number of hydrogen-bond acceptors (Lipinski definition) is 3. The van der Waals surface area contributed by atoms with E-state index in [4.69, 9.17) is 0 Å². The van der Waals surface area contributed by atoms with Gasteiger partial charge in [0.05, 0.1) is 7.11 Å². The summed E-state index contributed by atoms with van der Waals surface area (Å²) in [6.07, 6.45) is 3.50. The maximum atomic E-state index is 4.35. The molecule has 3 heteroatoms. The summed E-state index contributed by atoms with van der Waals surface area (Å²) in [5, 5.41) is 0. The topological polar surface area (TPSA) is 48.1 Å². The molecule has 0 saturated heterocycles.